The largest absolute Gasteiger partial charge is 0.345 e. The molecule has 0 aliphatic carbocycles. The number of carbonyl (C=O) groups is 1. The van der Waals surface area contributed by atoms with E-state index in [9.17, 15) is 4.79 Å². The third-order valence-corrected chi connectivity index (χ3v) is 5.62. The van der Waals surface area contributed by atoms with E-state index in [2.05, 4.69) is 47.1 Å². The molecule has 3 rings (SSSR count). The molecule has 1 aromatic heterocycles. The number of aromatic nitrogens is 1. The van der Waals surface area contributed by atoms with Crippen molar-refractivity contribution in [1.82, 2.24) is 14.8 Å². The number of rotatable bonds is 7. The van der Waals surface area contributed by atoms with Crippen molar-refractivity contribution in [2.24, 2.45) is 5.92 Å². The van der Waals surface area contributed by atoms with Gasteiger partial charge in [-0.1, -0.05) is 43.3 Å². The predicted molar refractivity (Wildman–Crippen MR) is 109 cm³/mol. The Morgan fingerprint density at radius 2 is 1.85 bits per heavy atom. The van der Waals surface area contributed by atoms with E-state index in [-0.39, 0.29) is 5.91 Å². The number of nitrogens with zero attached hydrogens (tertiary/aromatic N) is 3. The smallest absolute Gasteiger partial charge is 0.222 e. The first-order valence-corrected chi connectivity index (χ1v) is 10.0. The number of amides is 1. The van der Waals surface area contributed by atoms with Gasteiger partial charge >= 0.3 is 0 Å². The number of likely N-dealkylation sites (N-methyl/N-ethyl adjacent to an activating group) is 1. The summed E-state index contributed by atoms with van der Waals surface area (Å²) in [7, 11) is 1.94. The Morgan fingerprint density at radius 1 is 1.15 bits per heavy atom. The molecule has 0 bridgehead atoms. The summed E-state index contributed by atoms with van der Waals surface area (Å²) in [4.78, 5) is 21.4. The van der Waals surface area contributed by atoms with E-state index in [1.165, 1.54) is 5.56 Å². The van der Waals surface area contributed by atoms with Gasteiger partial charge in [0.05, 0.1) is 5.69 Å². The molecule has 27 heavy (non-hydrogen) atoms. The van der Waals surface area contributed by atoms with Gasteiger partial charge in [-0.15, -0.1) is 0 Å². The van der Waals surface area contributed by atoms with Crippen molar-refractivity contribution in [1.29, 1.82) is 0 Å². The standard InChI is InChI=1S/C23H31N3O/c1-19(21-8-4-3-5-9-21)17-25(2)23(27)16-20-11-14-26(15-12-20)18-22-10-6-7-13-24-22/h3-10,13,19-20H,11-12,14-18H2,1-2H3/t19-/m1/s1. The number of hydrogen-bond acceptors (Lipinski definition) is 3. The van der Waals surface area contributed by atoms with Crippen molar-refractivity contribution >= 4 is 5.91 Å². The van der Waals surface area contributed by atoms with Crippen molar-refractivity contribution in [2.45, 2.75) is 38.6 Å². The molecule has 1 aliphatic rings. The van der Waals surface area contributed by atoms with Gasteiger partial charge in [0.25, 0.3) is 0 Å². The molecular formula is C23H31N3O. The molecule has 0 N–H and O–H groups in total. The van der Waals surface area contributed by atoms with Gasteiger partial charge in [-0.05, 0) is 55.5 Å². The minimum Gasteiger partial charge on any atom is -0.345 e. The molecule has 1 aliphatic heterocycles. The van der Waals surface area contributed by atoms with Crippen molar-refractivity contribution < 1.29 is 4.79 Å². The zero-order chi connectivity index (χ0) is 19.1. The van der Waals surface area contributed by atoms with E-state index in [1.807, 2.05) is 36.3 Å². The van der Waals surface area contributed by atoms with Crippen LogP contribution in [-0.4, -0.2) is 47.4 Å². The lowest BCUT2D eigenvalue weighted by Crippen LogP contribution is -2.37. The Kier molecular flexibility index (Phi) is 6.99. The van der Waals surface area contributed by atoms with Crippen molar-refractivity contribution in [3.8, 4) is 0 Å². The van der Waals surface area contributed by atoms with Crippen molar-refractivity contribution in [2.75, 3.05) is 26.7 Å². The topological polar surface area (TPSA) is 36.4 Å². The lowest BCUT2D eigenvalue weighted by molar-refractivity contribution is -0.131. The maximum atomic E-state index is 12.7. The van der Waals surface area contributed by atoms with Gasteiger partial charge in [0, 0.05) is 32.8 Å². The number of carbonyl (C=O) groups excluding carboxylic acids is 1. The average Bonchev–Trinajstić information content (AvgIpc) is 2.71. The summed E-state index contributed by atoms with van der Waals surface area (Å²) < 4.78 is 0. The Morgan fingerprint density at radius 3 is 2.52 bits per heavy atom. The number of benzene rings is 1. The Hall–Kier alpha value is -2.20. The summed E-state index contributed by atoms with van der Waals surface area (Å²) in [5.41, 5.74) is 2.42. The zero-order valence-electron chi connectivity index (χ0n) is 16.6. The molecular weight excluding hydrogens is 334 g/mol. The Labute approximate surface area is 163 Å². The number of pyridine rings is 1. The minimum atomic E-state index is 0.279. The summed E-state index contributed by atoms with van der Waals surface area (Å²) in [6, 6.07) is 16.5. The van der Waals surface area contributed by atoms with Crippen molar-refractivity contribution in [3.05, 3.63) is 66.0 Å². The summed E-state index contributed by atoms with van der Waals surface area (Å²) in [5.74, 6) is 1.15. The second kappa shape index (κ2) is 9.65. The average molecular weight is 366 g/mol. The number of piperidine rings is 1. The first kappa shape index (κ1) is 19.6. The van der Waals surface area contributed by atoms with Crippen LogP contribution in [0.3, 0.4) is 0 Å². The highest BCUT2D eigenvalue weighted by atomic mass is 16.2. The third-order valence-electron chi connectivity index (χ3n) is 5.62. The zero-order valence-corrected chi connectivity index (χ0v) is 16.6. The molecule has 0 unspecified atom stereocenters. The molecule has 0 radical (unpaired) electrons. The molecule has 1 atom stereocenters. The SMILES string of the molecule is C[C@H](CN(C)C(=O)CC1CCN(Cc2ccccn2)CC1)c1ccccc1. The molecule has 2 heterocycles. The highest BCUT2D eigenvalue weighted by Gasteiger charge is 2.23. The summed E-state index contributed by atoms with van der Waals surface area (Å²) in [6.07, 6.45) is 4.73. The predicted octanol–water partition coefficient (Wildman–Crippen LogP) is 3.95. The highest BCUT2D eigenvalue weighted by molar-refractivity contribution is 5.76. The van der Waals surface area contributed by atoms with E-state index < -0.39 is 0 Å². The van der Waals surface area contributed by atoms with Crippen LogP contribution in [0.15, 0.2) is 54.7 Å². The third kappa shape index (κ3) is 5.90. The molecule has 0 saturated carbocycles. The van der Waals surface area contributed by atoms with Gasteiger partial charge in [-0.2, -0.15) is 0 Å². The summed E-state index contributed by atoms with van der Waals surface area (Å²) >= 11 is 0. The second-order valence-electron chi connectivity index (χ2n) is 7.83. The van der Waals surface area contributed by atoms with Gasteiger partial charge in [0.15, 0.2) is 0 Å². The van der Waals surface area contributed by atoms with Crippen molar-refractivity contribution in [3.63, 3.8) is 0 Å². The molecule has 1 fully saturated rings. The van der Waals surface area contributed by atoms with Gasteiger partial charge in [-0.3, -0.25) is 14.7 Å². The van der Waals surface area contributed by atoms with Gasteiger partial charge in [0.1, 0.15) is 0 Å². The molecule has 2 aromatic rings. The fraction of sp³-hybridized carbons (Fsp3) is 0.478. The fourth-order valence-corrected chi connectivity index (χ4v) is 3.87. The normalized spacial score (nSPS) is 16.8. The van der Waals surface area contributed by atoms with Crippen LogP contribution < -0.4 is 0 Å². The lowest BCUT2D eigenvalue weighted by atomic mass is 9.92. The van der Waals surface area contributed by atoms with Crippen LogP contribution in [0, 0.1) is 5.92 Å². The second-order valence-corrected chi connectivity index (χ2v) is 7.83. The summed E-state index contributed by atoms with van der Waals surface area (Å²) in [6.45, 7) is 5.99. The van der Waals surface area contributed by atoms with Crippen LogP contribution in [0.25, 0.3) is 0 Å². The molecule has 1 saturated heterocycles. The number of hydrogen-bond donors (Lipinski definition) is 0. The fourth-order valence-electron chi connectivity index (χ4n) is 3.87. The number of likely N-dealkylation sites (tertiary alicyclic amines) is 1. The van der Waals surface area contributed by atoms with E-state index in [4.69, 9.17) is 0 Å². The maximum Gasteiger partial charge on any atom is 0.222 e. The van der Waals surface area contributed by atoms with Crippen LogP contribution in [0.2, 0.25) is 0 Å². The first-order valence-electron chi connectivity index (χ1n) is 10.0. The summed E-state index contributed by atoms with van der Waals surface area (Å²) in [5, 5.41) is 0. The van der Waals surface area contributed by atoms with Crippen LogP contribution in [0.1, 0.15) is 43.4 Å². The van der Waals surface area contributed by atoms with Gasteiger partial charge in [0.2, 0.25) is 5.91 Å². The Balaban J connectivity index is 1.41. The quantitative estimate of drug-likeness (QED) is 0.745. The molecule has 4 heteroatoms. The van der Waals surface area contributed by atoms with Crippen LogP contribution in [-0.2, 0) is 11.3 Å². The monoisotopic (exact) mass is 365 g/mol. The van der Waals surface area contributed by atoms with E-state index >= 15 is 0 Å². The van der Waals surface area contributed by atoms with E-state index in [0.717, 1.165) is 44.7 Å². The molecule has 4 nitrogen and oxygen atoms in total. The molecule has 1 amide bonds. The lowest BCUT2D eigenvalue weighted by Gasteiger charge is -2.32. The van der Waals surface area contributed by atoms with Crippen LogP contribution in [0.5, 0.6) is 0 Å². The van der Waals surface area contributed by atoms with Gasteiger partial charge < -0.3 is 4.90 Å². The van der Waals surface area contributed by atoms with E-state index in [1.54, 1.807) is 0 Å². The first-order chi connectivity index (χ1) is 13.1. The molecule has 144 valence electrons. The van der Waals surface area contributed by atoms with Crippen LogP contribution in [0.4, 0.5) is 0 Å². The molecule has 1 aromatic carbocycles. The maximum absolute atomic E-state index is 12.7. The van der Waals surface area contributed by atoms with Crippen LogP contribution >= 0.6 is 0 Å². The van der Waals surface area contributed by atoms with E-state index in [0.29, 0.717) is 18.3 Å². The molecule has 0 spiro atoms. The van der Waals surface area contributed by atoms with Gasteiger partial charge in [-0.25, -0.2) is 0 Å². The Bertz CT molecular complexity index is 696. The highest BCUT2D eigenvalue weighted by Crippen LogP contribution is 2.23. The minimum absolute atomic E-state index is 0.279.